The molecule has 0 aliphatic heterocycles. The van der Waals surface area contributed by atoms with Crippen molar-refractivity contribution in [3.05, 3.63) is 15.7 Å². The van der Waals surface area contributed by atoms with Gasteiger partial charge in [0.25, 0.3) is 9.05 Å². The maximum absolute atomic E-state index is 12.1. The van der Waals surface area contributed by atoms with Crippen molar-refractivity contribution in [2.24, 2.45) is 0 Å². The zero-order chi connectivity index (χ0) is 13.4. The summed E-state index contributed by atoms with van der Waals surface area (Å²) >= 11 is 8.13. The second kappa shape index (κ2) is 4.79. The number of rotatable bonds is 2. The number of pyridine rings is 1. The van der Waals surface area contributed by atoms with Gasteiger partial charge in [-0.25, -0.2) is 13.4 Å². The van der Waals surface area contributed by atoms with Gasteiger partial charge in [0.05, 0.1) is 9.50 Å². The molecule has 0 aliphatic carbocycles. The van der Waals surface area contributed by atoms with Crippen molar-refractivity contribution >= 4 is 47.3 Å². The van der Waals surface area contributed by atoms with Crippen molar-refractivity contribution in [2.75, 3.05) is 0 Å². The van der Waals surface area contributed by atoms with Gasteiger partial charge in [0.1, 0.15) is 0 Å². The molecule has 1 aromatic rings. The van der Waals surface area contributed by atoms with E-state index in [4.69, 9.17) is 22.3 Å². The summed E-state index contributed by atoms with van der Waals surface area (Å²) in [5, 5.41) is -1.33. The molecule has 0 bridgehead atoms. The normalized spacial score (nSPS) is 12.6. The van der Waals surface area contributed by atoms with Crippen LogP contribution in [0.2, 0.25) is 5.02 Å². The van der Waals surface area contributed by atoms with E-state index in [1.54, 1.807) is 0 Å². The molecule has 0 N–H and O–H groups in total. The Bertz CT molecular complexity index is 548. The van der Waals surface area contributed by atoms with Crippen LogP contribution >= 0.6 is 38.2 Å². The van der Waals surface area contributed by atoms with Crippen molar-refractivity contribution in [2.45, 2.75) is 11.4 Å². The van der Waals surface area contributed by atoms with E-state index in [0.717, 1.165) is 6.20 Å². The summed E-state index contributed by atoms with van der Waals surface area (Å²) in [5.74, 6) is -1.11. The molecular weight excluding hydrogens is 374 g/mol. The predicted molar refractivity (Wildman–Crippen MR) is 56.7 cm³/mol. The Morgan fingerprint density at radius 1 is 1.41 bits per heavy atom. The molecule has 1 aromatic heterocycles. The smallest absolute Gasteiger partial charge is 0.401 e. The van der Waals surface area contributed by atoms with Gasteiger partial charge in [0.2, 0.25) is 5.03 Å². The Labute approximate surface area is 111 Å². The van der Waals surface area contributed by atoms with Gasteiger partial charge in [0, 0.05) is 16.9 Å². The van der Waals surface area contributed by atoms with E-state index in [2.05, 4.69) is 25.7 Å². The molecule has 1 heterocycles. The molecule has 1 rings (SSSR count). The quantitative estimate of drug-likeness (QED) is 0.745. The summed E-state index contributed by atoms with van der Waals surface area (Å²) in [6.07, 6.45) is -4.28. The van der Waals surface area contributed by atoms with Gasteiger partial charge in [-0.15, -0.1) is 13.2 Å². The summed E-state index contributed by atoms with van der Waals surface area (Å²) < 4.78 is 61.3. The topological polar surface area (TPSA) is 56.3 Å². The number of nitrogens with zero attached hydrogens (tertiary/aromatic N) is 1. The van der Waals surface area contributed by atoms with Crippen LogP contribution in [-0.2, 0) is 9.05 Å². The summed E-state index contributed by atoms with van der Waals surface area (Å²) in [7, 11) is 0.418. The van der Waals surface area contributed by atoms with E-state index in [9.17, 15) is 21.6 Å². The van der Waals surface area contributed by atoms with Crippen molar-refractivity contribution in [1.29, 1.82) is 0 Å². The summed E-state index contributed by atoms with van der Waals surface area (Å²) in [6, 6.07) is 0. The van der Waals surface area contributed by atoms with E-state index in [-0.39, 0.29) is 5.02 Å². The first-order chi connectivity index (χ1) is 7.52. The minimum atomic E-state index is -5.11. The lowest BCUT2D eigenvalue weighted by Crippen LogP contribution is -2.19. The van der Waals surface area contributed by atoms with Crippen molar-refractivity contribution in [3.8, 4) is 5.75 Å². The number of ether oxygens (including phenoxy) is 1. The molecule has 17 heavy (non-hydrogen) atoms. The van der Waals surface area contributed by atoms with Crippen LogP contribution in [0, 0.1) is 0 Å². The SMILES string of the molecule is O=S(=O)(Cl)c1ncc(Cl)c(Br)c1OC(F)(F)F. The molecule has 96 valence electrons. The summed E-state index contributed by atoms with van der Waals surface area (Å²) in [5.41, 5.74) is 0. The third-order valence-corrected chi connectivity index (χ3v) is 3.84. The summed E-state index contributed by atoms with van der Waals surface area (Å²) in [6.45, 7) is 0. The number of halogens is 6. The van der Waals surface area contributed by atoms with Gasteiger partial charge in [-0.3, -0.25) is 0 Å². The average molecular weight is 375 g/mol. The second-order valence-corrected chi connectivity index (χ2v) is 6.22. The Kier molecular flexibility index (Phi) is 4.17. The number of aromatic nitrogens is 1. The maximum atomic E-state index is 12.1. The van der Waals surface area contributed by atoms with Gasteiger partial charge in [0.15, 0.2) is 5.75 Å². The monoisotopic (exact) mass is 373 g/mol. The van der Waals surface area contributed by atoms with Crippen LogP contribution in [-0.4, -0.2) is 19.8 Å². The lowest BCUT2D eigenvalue weighted by atomic mass is 10.4. The lowest BCUT2D eigenvalue weighted by molar-refractivity contribution is -0.276. The molecule has 4 nitrogen and oxygen atoms in total. The molecule has 0 saturated heterocycles. The zero-order valence-corrected chi connectivity index (χ0v) is 11.3. The van der Waals surface area contributed by atoms with Crippen LogP contribution in [0.15, 0.2) is 15.7 Å². The van der Waals surface area contributed by atoms with Crippen LogP contribution in [0.5, 0.6) is 5.75 Å². The highest BCUT2D eigenvalue weighted by Gasteiger charge is 2.36. The Morgan fingerprint density at radius 3 is 2.35 bits per heavy atom. The third-order valence-electron chi connectivity index (χ3n) is 1.35. The van der Waals surface area contributed by atoms with E-state index < -0.39 is 30.7 Å². The molecule has 0 spiro atoms. The minimum absolute atomic E-state index is 0.256. The molecule has 0 atom stereocenters. The number of hydrogen-bond acceptors (Lipinski definition) is 4. The maximum Gasteiger partial charge on any atom is 0.573 e. The first-order valence-electron chi connectivity index (χ1n) is 3.57. The van der Waals surface area contributed by atoms with E-state index in [1.165, 1.54) is 0 Å². The Hall–Kier alpha value is -0.250. The standard InChI is InChI=1S/C6HBrCl2F3NO3S/c7-3-2(8)1-13-5(17(9,14)15)4(3)16-6(10,11)12/h1H. The van der Waals surface area contributed by atoms with E-state index in [0.29, 0.717) is 0 Å². The largest absolute Gasteiger partial charge is 0.573 e. The molecule has 0 aromatic carbocycles. The lowest BCUT2D eigenvalue weighted by Gasteiger charge is -2.13. The third kappa shape index (κ3) is 3.87. The van der Waals surface area contributed by atoms with E-state index >= 15 is 0 Å². The molecule has 11 heteroatoms. The fraction of sp³-hybridized carbons (Fsp3) is 0.167. The average Bonchev–Trinajstić information content (AvgIpc) is 2.08. The predicted octanol–water partition coefficient (Wildman–Crippen LogP) is 3.32. The van der Waals surface area contributed by atoms with Gasteiger partial charge < -0.3 is 4.74 Å². The van der Waals surface area contributed by atoms with Gasteiger partial charge in [-0.05, 0) is 15.9 Å². The zero-order valence-electron chi connectivity index (χ0n) is 7.43. The molecular formula is C6HBrCl2F3NO3S. The van der Waals surface area contributed by atoms with Crippen LogP contribution in [0.25, 0.3) is 0 Å². The molecule has 0 radical (unpaired) electrons. The van der Waals surface area contributed by atoms with Crippen molar-refractivity contribution in [1.82, 2.24) is 4.98 Å². The first kappa shape index (κ1) is 14.8. The van der Waals surface area contributed by atoms with Gasteiger partial charge in [-0.2, -0.15) is 0 Å². The second-order valence-electron chi connectivity index (χ2n) is 2.54. The van der Waals surface area contributed by atoms with Gasteiger partial charge >= 0.3 is 6.36 Å². The van der Waals surface area contributed by atoms with E-state index in [1.807, 2.05) is 0 Å². The van der Waals surface area contributed by atoms with Crippen LogP contribution in [0.1, 0.15) is 0 Å². The fourth-order valence-electron chi connectivity index (χ4n) is 0.811. The molecule has 0 unspecified atom stereocenters. The fourth-order valence-corrected chi connectivity index (χ4v) is 2.32. The Morgan fingerprint density at radius 2 is 1.94 bits per heavy atom. The van der Waals surface area contributed by atoms with Crippen LogP contribution in [0.3, 0.4) is 0 Å². The highest BCUT2D eigenvalue weighted by atomic mass is 79.9. The van der Waals surface area contributed by atoms with Crippen LogP contribution < -0.4 is 4.74 Å². The van der Waals surface area contributed by atoms with Gasteiger partial charge in [-0.1, -0.05) is 11.6 Å². The molecule has 0 fully saturated rings. The number of hydrogen-bond donors (Lipinski definition) is 0. The highest BCUT2D eigenvalue weighted by molar-refractivity contribution is 9.10. The minimum Gasteiger partial charge on any atom is -0.401 e. The first-order valence-corrected chi connectivity index (χ1v) is 7.05. The molecule has 0 amide bonds. The Balaban J connectivity index is 3.48. The molecule has 0 aliphatic rings. The highest BCUT2D eigenvalue weighted by Crippen LogP contribution is 2.40. The van der Waals surface area contributed by atoms with Crippen molar-refractivity contribution < 1.29 is 26.3 Å². The van der Waals surface area contributed by atoms with Crippen molar-refractivity contribution in [3.63, 3.8) is 0 Å². The summed E-state index contributed by atoms with van der Waals surface area (Å²) in [4.78, 5) is 3.19. The number of alkyl halides is 3. The molecule has 0 saturated carbocycles. The van der Waals surface area contributed by atoms with Crippen LogP contribution in [0.4, 0.5) is 13.2 Å².